The van der Waals surface area contributed by atoms with Crippen LogP contribution in [0.2, 0.25) is 5.02 Å². The summed E-state index contributed by atoms with van der Waals surface area (Å²) in [5, 5.41) is 8.50. The number of halogens is 1. The van der Waals surface area contributed by atoms with Crippen LogP contribution in [-0.2, 0) is 0 Å². The van der Waals surface area contributed by atoms with Crippen molar-refractivity contribution in [3.63, 3.8) is 0 Å². The van der Waals surface area contributed by atoms with Crippen molar-refractivity contribution in [1.82, 2.24) is 0 Å². The van der Waals surface area contributed by atoms with Gasteiger partial charge in [0.25, 0.3) is 0 Å². The van der Waals surface area contributed by atoms with Gasteiger partial charge in [-0.05, 0) is 12.1 Å². The van der Waals surface area contributed by atoms with Crippen molar-refractivity contribution in [2.24, 2.45) is 21.7 Å². The molecule has 0 aliphatic rings. The summed E-state index contributed by atoms with van der Waals surface area (Å²) in [7, 11) is 0. The van der Waals surface area contributed by atoms with Crippen molar-refractivity contribution in [2.75, 3.05) is 0 Å². The Morgan fingerprint density at radius 1 is 0.789 bits per heavy atom. The Balaban J connectivity index is 2.49. The number of benzene rings is 2. The van der Waals surface area contributed by atoms with Crippen molar-refractivity contribution in [3.05, 3.63) is 70.7 Å². The molecule has 2 aromatic rings. The fourth-order valence-electron chi connectivity index (χ4n) is 1.59. The van der Waals surface area contributed by atoms with Crippen LogP contribution in [0.5, 0.6) is 0 Å². The molecule has 0 bridgehead atoms. The Bertz CT molecular complexity index is 599. The molecule has 0 aromatic heterocycles. The summed E-state index contributed by atoms with van der Waals surface area (Å²) in [6, 6.07) is 17.0. The largest absolute Gasteiger partial charge is 0.369 e. The molecule has 0 atom stereocenters. The lowest BCUT2D eigenvalue weighted by atomic mass is 10.0. The van der Waals surface area contributed by atoms with E-state index in [0.29, 0.717) is 10.7 Å². The zero-order chi connectivity index (χ0) is 13.7. The average molecular weight is 273 g/mol. The van der Waals surface area contributed by atoms with Gasteiger partial charge in [-0.3, -0.25) is 0 Å². The Morgan fingerprint density at radius 2 is 1.37 bits per heavy atom. The second-order valence-corrected chi connectivity index (χ2v) is 4.28. The van der Waals surface area contributed by atoms with Gasteiger partial charge in [-0.2, -0.15) is 0 Å². The topological polar surface area (TPSA) is 76.8 Å². The van der Waals surface area contributed by atoms with E-state index in [2.05, 4.69) is 10.2 Å². The normalized spacial score (nSPS) is 11.1. The third kappa shape index (κ3) is 3.56. The number of guanidine groups is 1. The summed E-state index contributed by atoms with van der Waals surface area (Å²) in [5.41, 5.74) is 13.1. The molecule has 0 aliphatic carbocycles. The van der Waals surface area contributed by atoms with Gasteiger partial charge in [0.1, 0.15) is 5.71 Å². The van der Waals surface area contributed by atoms with Gasteiger partial charge >= 0.3 is 0 Å². The van der Waals surface area contributed by atoms with E-state index < -0.39 is 0 Å². The summed E-state index contributed by atoms with van der Waals surface area (Å²) in [6.07, 6.45) is 0. The second-order valence-electron chi connectivity index (χ2n) is 3.85. The molecule has 2 aromatic carbocycles. The van der Waals surface area contributed by atoms with E-state index in [-0.39, 0.29) is 5.96 Å². The van der Waals surface area contributed by atoms with Crippen LogP contribution in [0.1, 0.15) is 11.1 Å². The molecule has 0 saturated carbocycles. The van der Waals surface area contributed by atoms with Crippen LogP contribution in [0.4, 0.5) is 0 Å². The summed E-state index contributed by atoms with van der Waals surface area (Å²) < 4.78 is 0. The summed E-state index contributed by atoms with van der Waals surface area (Å²) in [4.78, 5) is 0. The molecule has 0 aliphatic heterocycles. The molecule has 96 valence electrons. The van der Waals surface area contributed by atoms with E-state index in [9.17, 15) is 0 Å². The van der Waals surface area contributed by atoms with Crippen molar-refractivity contribution in [2.45, 2.75) is 0 Å². The van der Waals surface area contributed by atoms with Crippen molar-refractivity contribution in [3.8, 4) is 0 Å². The van der Waals surface area contributed by atoms with Gasteiger partial charge < -0.3 is 11.5 Å². The molecule has 19 heavy (non-hydrogen) atoms. The number of hydrogen-bond donors (Lipinski definition) is 2. The number of rotatable bonds is 3. The van der Waals surface area contributed by atoms with E-state index in [1.807, 2.05) is 42.5 Å². The lowest BCUT2D eigenvalue weighted by Gasteiger charge is -2.05. The van der Waals surface area contributed by atoms with Crippen LogP contribution in [0.3, 0.4) is 0 Å². The average Bonchev–Trinajstić information content (AvgIpc) is 2.42. The van der Waals surface area contributed by atoms with Gasteiger partial charge in [-0.1, -0.05) is 54.1 Å². The summed E-state index contributed by atoms with van der Waals surface area (Å²) in [6.45, 7) is 0. The first kappa shape index (κ1) is 13.1. The number of nitrogens with zero attached hydrogens (tertiary/aromatic N) is 2. The third-order valence-electron chi connectivity index (χ3n) is 2.43. The minimum Gasteiger partial charge on any atom is -0.369 e. The molecule has 2 rings (SSSR count). The first-order valence-corrected chi connectivity index (χ1v) is 6.02. The minimum absolute atomic E-state index is 0.0811. The summed E-state index contributed by atoms with van der Waals surface area (Å²) in [5.74, 6) is -0.0811. The minimum atomic E-state index is -0.0811. The van der Waals surface area contributed by atoms with Gasteiger partial charge in [0, 0.05) is 16.1 Å². The van der Waals surface area contributed by atoms with Gasteiger partial charge in [-0.25, -0.2) is 0 Å². The second kappa shape index (κ2) is 6.02. The molecule has 5 heteroatoms. The van der Waals surface area contributed by atoms with Gasteiger partial charge in [0.15, 0.2) is 0 Å². The lowest BCUT2D eigenvalue weighted by molar-refractivity contribution is 1.20. The van der Waals surface area contributed by atoms with Crippen LogP contribution in [0.25, 0.3) is 0 Å². The van der Waals surface area contributed by atoms with Crippen LogP contribution >= 0.6 is 11.6 Å². The molecule has 4 nitrogen and oxygen atoms in total. The van der Waals surface area contributed by atoms with E-state index in [1.54, 1.807) is 12.1 Å². The summed E-state index contributed by atoms with van der Waals surface area (Å²) >= 11 is 5.88. The molecule has 4 N–H and O–H groups in total. The highest BCUT2D eigenvalue weighted by Crippen LogP contribution is 2.15. The zero-order valence-corrected chi connectivity index (χ0v) is 10.9. The number of hydrogen-bond acceptors (Lipinski definition) is 2. The molecule has 0 heterocycles. The quantitative estimate of drug-likeness (QED) is 0.511. The molecule has 0 fully saturated rings. The van der Waals surface area contributed by atoms with Crippen LogP contribution in [0.15, 0.2) is 64.8 Å². The standard InChI is InChI=1S/C14H13ClN4/c15-12-8-6-11(7-9-12)13(18-19-14(16)17)10-4-2-1-3-5-10/h1-9H,(H4,16,17,19). The zero-order valence-electron chi connectivity index (χ0n) is 10.1. The van der Waals surface area contributed by atoms with Crippen LogP contribution < -0.4 is 11.5 Å². The smallest absolute Gasteiger partial charge is 0.211 e. The van der Waals surface area contributed by atoms with E-state index in [0.717, 1.165) is 11.1 Å². The molecular formula is C14H13ClN4. The lowest BCUT2D eigenvalue weighted by Crippen LogP contribution is -2.22. The molecule has 0 radical (unpaired) electrons. The predicted molar refractivity (Wildman–Crippen MR) is 79.3 cm³/mol. The SMILES string of the molecule is NC(N)=NN=C(c1ccccc1)c1ccc(Cl)cc1. The molecular weight excluding hydrogens is 260 g/mol. The highest BCUT2D eigenvalue weighted by molar-refractivity contribution is 6.30. The van der Waals surface area contributed by atoms with Crippen molar-refractivity contribution >= 4 is 23.3 Å². The van der Waals surface area contributed by atoms with Crippen LogP contribution in [-0.4, -0.2) is 11.7 Å². The Labute approximate surface area is 116 Å². The molecule has 0 spiro atoms. The maximum absolute atomic E-state index is 5.88. The monoisotopic (exact) mass is 272 g/mol. The Hall–Kier alpha value is -2.33. The first-order valence-electron chi connectivity index (χ1n) is 5.65. The highest BCUT2D eigenvalue weighted by atomic mass is 35.5. The molecule has 0 amide bonds. The maximum Gasteiger partial charge on any atom is 0.211 e. The Kier molecular flexibility index (Phi) is 4.15. The fraction of sp³-hybridized carbons (Fsp3) is 0. The first-order chi connectivity index (χ1) is 9.16. The molecule has 0 saturated heterocycles. The van der Waals surface area contributed by atoms with Gasteiger partial charge in [-0.15, -0.1) is 10.2 Å². The highest BCUT2D eigenvalue weighted by Gasteiger charge is 2.06. The molecule has 0 unspecified atom stereocenters. The van der Waals surface area contributed by atoms with Crippen molar-refractivity contribution in [1.29, 1.82) is 0 Å². The number of nitrogens with two attached hydrogens (primary N) is 2. The Morgan fingerprint density at radius 3 is 1.95 bits per heavy atom. The van der Waals surface area contributed by atoms with Crippen molar-refractivity contribution < 1.29 is 0 Å². The van der Waals surface area contributed by atoms with E-state index in [1.165, 1.54) is 0 Å². The predicted octanol–water partition coefficient (Wildman–Crippen LogP) is 2.37. The third-order valence-corrected chi connectivity index (χ3v) is 2.68. The van der Waals surface area contributed by atoms with E-state index in [4.69, 9.17) is 23.1 Å². The van der Waals surface area contributed by atoms with E-state index >= 15 is 0 Å². The maximum atomic E-state index is 5.88. The van der Waals surface area contributed by atoms with Crippen LogP contribution in [0, 0.1) is 0 Å². The fourth-order valence-corrected chi connectivity index (χ4v) is 1.72. The van der Waals surface area contributed by atoms with Gasteiger partial charge in [0.05, 0.1) is 0 Å². The van der Waals surface area contributed by atoms with Gasteiger partial charge in [0.2, 0.25) is 5.96 Å².